The van der Waals surface area contributed by atoms with E-state index in [2.05, 4.69) is 9.88 Å². The third-order valence-corrected chi connectivity index (χ3v) is 4.75. The van der Waals surface area contributed by atoms with Crippen LogP contribution in [0.25, 0.3) is 0 Å². The van der Waals surface area contributed by atoms with Gasteiger partial charge in [0.15, 0.2) is 0 Å². The van der Waals surface area contributed by atoms with Gasteiger partial charge in [-0.05, 0) is 39.5 Å². The SMILES string of the molecule is CN(C)CCCCN(C)S(=O)(=O)c1cncc(Cl)c1. The van der Waals surface area contributed by atoms with Crippen LogP contribution in [0.15, 0.2) is 23.4 Å². The molecule has 19 heavy (non-hydrogen) atoms. The van der Waals surface area contributed by atoms with Crippen molar-refractivity contribution in [3.05, 3.63) is 23.5 Å². The summed E-state index contributed by atoms with van der Waals surface area (Å²) in [6.07, 6.45) is 4.51. The van der Waals surface area contributed by atoms with E-state index in [4.69, 9.17) is 11.6 Å². The van der Waals surface area contributed by atoms with Crippen LogP contribution in [-0.2, 0) is 10.0 Å². The zero-order chi connectivity index (χ0) is 14.5. The molecule has 7 heteroatoms. The predicted octanol–water partition coefficient (Wildman–Crippen LogP) is 1.70. The van der Waals surface area contributed by atoms with Crippen LogP contribution < -0.4 is 0 Å². The molecule has 0 aliphatic heterocycles. The molecule has 0 amide bonds. The first-order valence-electron chi connectivity index (χ1n) is 6.05. The molecule has 5 nitrogen and oxygen atoms in total. The smallest absolute Gasteiger partial charge is 0.244 e. The Morgan fingerprint density at radius 3 is 2.37 bits per heavy atom. The highest BCUT2D eigenvalue weighted by Crippen LogP contribution is 2.17. The number of unbranched alkanes of at least 4 members (excludes halogenated alkanes) is 1. The van der Waals surface area contributed by atoms with Crippen LogP contribution in [-0.4, -0.2) is 56.8 Å². The van der Waals surface area contributed by atoms with Crippen molar-refractivity contribution in [2.45, 2.75) is 17.7 Å². The number of nitrogens with zero attached hydrogens (tertiary/aromatic N) is 3. The van der Waals surface area contributed by atoms with Crippen LogP contribution in [0.1, 0.15) is 12.8 Å². The molecule has 0 radical (unpaired) electrons. The molecule has 0 saturated heterocycles. The van der Waals surface area contributed by atoms with Crippen molar-refractivity contribution < 1.29 is 8.42 Å². The van der Waals surface area contributed by atoms with Gasteiger partial charge in [0.2, 0.25) is 10.0 Å². The maximum Gasteiger partial charge on any atom is 0.244 e. The quantitative estimate of drug-likeness (QED) is 0.720. The lowest BCUT2D eigenvalue weighted by Gasteiger charge is -2.17. The van der Waals surface area contributed by atoms with Gasteiger partial charge in [0, 0.05) is 26.0 Å². The minimum Gasteiger partial charge on any atom is -0.309 e. The minimum atomic E-state index is -3.49. The molecule has 0 aliphatic rings. The maximum atomic E-state index is 12.2. The fraction of sp³-hybridized carbons (Fsp3) is 0.583. The zero-order valence-corrected chi connectivity index (χ0v) is 13.1. The Bertz CT molecular complexity index is 505. The van der Waals surface area contributed by atoms with Crippen LogP contribution in [0.4, 0.5) is 0 Å². The summed E-state index contributed by atoms with van der Waals surface area (Å²) in [5, 5.41) is 0.321. The van der Waals surface area contributed by atoms with Gasteiger partial charge in [-0.25, -0.2) is 12.7 Å². The highest BCUT2D eigenvalue weighted by Gasteiger charge is 2.20. The zero-order valence-electron chi connectivity index (χ0n) is 11.5. The average molecular weight is 306 g/mol. The lowest BCUT2D eigenvalue weighted by Crippen LogP contribution is -2.28. The first kappa shape index (κ1) is 16.4. The lowest BCUT2D eigenvalue weighted by molar-refractivity contribution is 0.378. The Hall–Kier alpha value is -0.690. The second-order valence-electron chi connectivity index (χ2n) is 4.68. The summed E-state index contributed by atoms with van der Waals surface area (Å²) < 4.78 is 25.8. The molecular weight excluding hydrogens is 286 g/mol. The van der Waals surface area contributed by atoms with Gasteiger partial charge >= 0.3 is 0 Å². The van der Waals surface area contributed by atoms with Crippen molar-refractivity contribution >= 4 is 21.6 Å². The van der Waals surface area contributed by atoms with Crippen molar-refractivity contribution in [2.75, 3.05) is 34.2 Å². The number of rotatable bonds is 7. The van der Waals surface area contributed by atoms with Crippen LogP contribution in [0.5, 0.6) is 0 Å². The second-order valence-corrected chi connectivity index (χ2v) is 7.16. The Labute approximate surface area is 120 Å². The summed E-state index contributed by atoms with van der Waals surface area (Å²) in [7, 11) is 2.08. The van der Waals surface area contributed by atoms with Gasteiger partial charge in [-0.15, -0.1) is 0 Å². The fourth-order valence-corrected chi connectivity index (χ4v) is 3.03. The number of hydrogen-bond acceptors (Lipinski definition) is 4. The molecule has 0 fully saturated rings. The van der Waals surface area contributed by atoms with Gasteiger partial charge in [0.25, 0.3) is 0 Å². The first-order valence-corrected chi connectivity index (χ1v) is 7.87. The third-order valence-electron chi connectivity index (χ3n) is 2.72. The molecule has 0 bridgehead atoms. The van der Waals surface area contributed by atoms with Gasteiger partial charge in [-0.3, -0.25) is 4.98 Å². The molecule has 0 spiro atoms. The summed E-state index contributed by atoms with van der Waals surface area (Å²) in [5.74, 6) is 0. The monoisotopic (exact) mass is 305 g/mol. The number of sulfonamides is 1. The number of pyridine rings is 1. The summed E-state index contributed by atoms with van der Waals surface area (Å²) >= 11 is 5.77. The van der Waals surface area contributed by atoms with Crippen LogP contribution in [0, 0.1) is 0 Å². The standard InChI is InChI=1S/C12H20ClN3O2S/c1-15(2)6-4-5-7-16(3)19(17,18)12-8-11(13)9-14-10-12/h8-10H,4-7H2,1-3H3. The lowest BCUT2D eigenvalue weighted by atomic mass is 10.3. The molecule has 1 rings (SSSR count). The topological polar surface area (TPSA) is 53.5 Å². The normalized spacial score (nSPS) is 12.3. The molecule has 1 aromatic heterocycles. The molecule has 0 aromatic carbocycles. The van der Waals surface area contributed by atoms with E-state index in [9.17, 15) is 8.42 Å². The third kappa shape index (κ3) is 5.06. The number of hydrogen-bond donors (Lipinski definition) is 0. The van der Waals surface area contributed by atoms with Crippen molar-refractivity contribution in [3.8, 4) is 0 Å². The molecule has 1 heterocycles. The average Bonchev–Trinajstić information content (AvgIpc) is 2.34. The van der Waals surface area contributed by atoms with E-state index in [1.54, 1.807) is 7.05 Å². The molecule has 0 aliphatic carbocycles. The van der Waals surface area contributed by atoms with Crippen molar-refractivity contribution in [2.24, 2.45) is 0 Å². The first-order chi connectivity index (χ1) is 8.84. The Morgan fingerprint density at radius 1 is 1.16 bits per heavy atom. The fourth-order valence-electron chi connectivity index (χ4n) is 1.60. The van der Waals surface area contributed by atoms with E-state index in [-0.39, 0.29) is 4.90 Å². The van der Waals surface area contributed by atoms with E-state index < -0.39 is 10.0 Å². The summed E-state index contributed by atoms with van der Waals surface area (Å²) in [4.78, 5) is 6.02. The van der Waals surface area contributed by atoms with Crippen molar-refractivity contribution in [1.29, 1.82) is 0 Å². The molecule has 0 saturated carbocycles. The molecular formula is C12H20ClN3O2S. The maximum absolute atomic E-state index is 12.2. The molecule has 0 unspecified atom stereocenters. The van der Waals surface area contributed by atoms with Gasteiger partial charge in [0.05, 0.1) is 5.02 Å². The summed E-state index contributed by atoms with van der Waals surface area (Å²) in [6.45, 7) is 1.44. The Morgan fingerprint density at radius 2 is 1.79 bits per heavy atom. The van der Waals surface area contributed by atoms with E-state index in [0.717, 1.165) is 19.4 Å². The predicted molar refractivity (Wildman–Crippen MR) is 76.9 cm³/mol. The van der Waals surface area contributed by atoms with Gasteiger partial charge in [0.1, 0.15) is 4.90 Å². The van der Waals surface area contributed by atoms with Gasteiger partial charge in [-0.1, -0.05) is 11.6 Å². The van der Waals surface area contributed by atoms with E-state index >= 15 is 0 Å². The summed E-state index contributed by atoms with van der Waals surface area (Å²) in [6, 6.07) is 1.42. The largest absolute Gasteiger partial charge is 0.309 e. The van der Waals surface area contributed by atoms with E-state index in [0.29, 0.717) is 11.6 Å². The number of halogens is 1. The summed E-state index contributed by atoms with van der Waals surface area (Å²) in [5.41, 5.74) is 0. The van der Waals surface area contributed by atoms with Crippen LogP contribution >= 0.6 is 11.6 Å². The Kier molecular flexibility index (Phi) is 6.19. The van der Waals surface area contributed by atoms with E-state index in [1.807, 2.05) is 14.1 Å². The highest BCUT2D eigenvalue weighted by molar-refractivity contribution is 7.89. The van der Waals surface area contributed by atoms with Crippen LogP contribution in [0.2, 0.25) is 5.02 Å². The number of aromatic nitrogens is 1. The van der Waals surface area contributed by atoms with E-state index in [1.165, 1.54) is 22.8 Å². The van der Waals surface area contributed by atoms with Crippen molar-refractivity contribution in [3.63, 3.8) is 0 Å². The molecule has 0 atom stereocenters. The van der Waals surface area contributed by atoms with Gasteiger partial charge in [-0.2, -0.15) is 0 Å². The molecule has 1 aromatic rings. The second kappa shape index (κ2) is 7.19. The Balaban J connectivity index is 2.62. The van der Waals surface area contributed by atoms with Crippen LogP contribution in [0.3, 0.4) is 0 Å². The molecule has 108 valence electrons. The minimum absolute atomic E-state index is 0.134. The van der Waals surface area contributed by atoms with Gasteiger partial charge < -0.3 is 4.90 Å². The van der Waals surface area contributed by atoms with Crippen molar-refractivity contribution in [1.82, 2.24) is 14.2 Å². The highest BCUT2D eigenvalue weighted by atomic mass is 35.5. The molecule has 0 N–H and O–H groups in total.